The summed E-state index contributed by atoms with van der Waals surface area (Å²) in [6, 6.07) is 19.3. The zero-order chi connectivity index (χ0) is 17.9. The van der Waals surface area contributed by atoms with Crippen LogP contribution in [0.5, 0.6) is 0 Å². The van der Waals surface area contributed by atoms with Crippen LogP contribution in [0.3, 0.4) is 0 Å². The number of amides is 1. The van der Waals surface area contributed by atoms with Crippen molar-refractivity contribution in [1.29, 1.82) is 0 Å². The fourth-order valence-corrected chi connectivity index (χ4v) is 3.27. The topological polar surface area (TPSA) is 66.4 Å². The molecule has 0 aromatic heterocycles. The Morgan fingerprint density at radius 3 is 2.28 bits per heavy atom. The van der Waals surface area contributed by atoms with Crippen molar-refractivity contribution in [1.82, 2.24) is 5.32 Å². The molecule has 0 radical (unpaired) electrons. The zero-order valence-corrected chi connectivity index (χ0v) is 14.3. The van der Waals surface area contributed by atoms with E-state index in [0.29, 0.717) is 23.8 Å². The first-order valence-corrected chi connectivity index (χ1v) is 8.61. The van der Waals surface area contributed by atoms with Gasteiger partial charge in [-0.05, 0) is 36.3 Å². The lowest BCUT2D eigenvalue weighted by Crippen LogP contribution is -2.44. The second kappa shape index (κ2) is 7.09. The smallest absolute Gasteiger partial charge is 0.315 e. The van der Waals surface area contributed by atoms with E-state index >= 15 is 0 Å². The Morgan fingerprint density at radius 1 is 1.08 bits per heavy atom. The van der Waals surface area contributed by atoms with Gasteiger partial charge in [0.2, 0.25) is 5.91 Å². The highest BCUT2D eigenvalue weighted by atomic mass is 16.4. The lowest BCUT2D eigenvalue weighted by Gasteiger charge is -2.25. The maximum Gasteiger partial charge on any atom is 0.315 e. The third-order valence-electron chi connectivity index (χ3n) is 5.12. The number of hydrogen-bond donors (Lipinski definition) is 2. The largest absolute Gasteiger partial charge is 0.481 e. The number of benzene rings is 2. The van der Waals surface area contributed by atoms with Crippen LogP contribution in [0.4, 0.5) is 0 Å². The maximum absolute atomic E-state index is 12.3. The maximum atomic E-state index is 12.3. The molecule has 0 spiro atoms. The molecule has 1 fully saturated rings. The van der Waals surface area contributed by atoms with Gasteiger partial charge in [-0.15, -0.1) is 0 Å². The number of carboxylic acid groups (broad SMARTS) is 1. The van der Waals surface area contributed by atoms with E-state index in [2.05, 4.69) is 17.4 Å². The molecule has 1 unspecified atom stereocenters. The van der Waals surface area contributed by atoms with E-state index in [9.17, 15) is 14.7 Å². The molecule has 1 aliphatic carbocycles. The summed E-state index contributed by atoms with van der Waals surface area (Å²) in [5.41, 5.74) is 0.843. The predicted molar refractivity (Wildman–Crippen MR) is 96.3 cm³/mol. The summed E-state index contributed by atoms with van der Waals surface area (Å²) in [6.07, 6.45) is 1.47. The molecular weight excluding hydrogens is 314 g/mol. The first-order valence-electron chi connectivity index (χ1n) is 8.61. The third-order valence-corrected chi connectivity index (χ3v) is 5.12. The van der Waals surface area contributed by atoms with Crippen molar-refractivity contribution in [3.05, 3.63) is 71.8 Å². The molecule has 4 heteroatoms. The highest BCUT2D eigenvalue weighted by Gasteiger charge is 2.40. The monoisotopic (exact) mass is 337 g/mol. The second-order valence-electron chi connectivity index (χ2n) is 7.00. The Hall–Kier alpha value is -2.62. The van der Waals surface area contributed by atoms with E-state index in [1.807, 2.05) is 36.4 Å². The number of carbonyl (C=O) groups excluding carboxylic acids is 1. The molecule has 1 amide bonds. The Balaban J connectivity index is 1.56. The molecule has 0 saturated heterocycles. The van der Waals surface area contributed by atoms with Crippen LogP contribution in [0.15, 0.2) is 60.7 Å². The van der Waals surface area contributed by atoms with E-state index in [-0.39, 0.29) is 12.5 Å². The molecule has 3 atom stereocenters. The first kappa shape index (κ1) is 17.2. The van der Waals surface area contributed by atoms with Gasteiger partial charge in [-0.2, -0.15) is 0 Å². The van der Waals surface area contributed by atoms with Crippen molar-refractivity contribution in [2.75, 3.05) is 6.54 Å². The van der Waals surface area contributed by atoms with Gasteiger partial charge in [0, 0.05) is 13.0 Å². The molecule has 1 saturated carbocycles. The molecular formula is C21H23NO3. The lowest BCUT2D eigenvalue weighted by molar-refractivity contribution is -0.143. The minimum Gasteiger partial charge on any atom is -0.481 e. The molecule has 0 bridgehead atoms. The van der Waals surface area contributed by atoms with Crippen molar-refractivity contribution in [2.24, 2.45) is 5.92 Å². The zero-order valence-electron chi connectivity index (χ0n) is 14.3. The number of carbonyl (C=O) groups is 2. The summed E-state index contributed by atoms with van der Waals surface area (Å²) in [5.74, 6) is -0.207. The van der Waals surface area contributed by atoms with E-state index < -0.39 is 11.4 Å². The molecule has 2 aromatic rings. The van der Waals surface area contributed by atoms with Gasteiger partial charge in [0.1, 0.15) is 5.41 Å². The Bertz CT molecular complexity index is 744. The molecule has 1 aliphatic rings. The van der Waals surface area contributed by atoms with Gasteiger partial charge in [-0.1, -0.05) is 60.7 Å². The average molecular weight is 337 g/mol. The number of aliphatic carboxylic acids is 1. The quantitative estimate of drug-likeness (QED) is 0.814. The van der Waals surface area contributed by atoms with Crippen LogP contribution < -0.4 is 5.32 Å². The standard InChI is InChI=1S/C21H23NO3/c1-21(20(24)25,17-10-6-3-7-11-17)14-22-19(23)13-16-12-18(16)15-8-4-2-5-9-15/h2-11,16,18H,12-14H2,1H3,(H,22,23)(H,24,25)/t16-,18-,21?/m0/s1. The highest BCUT2D eigenvalue weighted by molar-refractivity contribution is 5.83. The van der Waals surface area contributed by atoms with Gasteiger partial charge in [0.25, 0.3) is 0 Å². The van der Waals surface area contributed by atoms with Gasteiger partial charge in [-0.3, -0.25) is 9.59 Å². The highest BCUT2D eigenvalue weighted by Crippen LogP contribution is 2.49. The minimum atomic E-state index is -1.13. The SMILES string of the molecule is CC(CNC(=O)C[C@@H]1C[C@H]1c1ccccc1)(C(=O)O)c1ccccc1. The Kier molecular flexibility index (Phi) is 4.88. The van der Waals surface area contributed by atoms with Crippen LogP contribution in [-0.2, 0) is 15.0 Å². The number of carboxylic acids is 1. The van der Waals surface area contributed by atoms with E-state index in [1.54, 1.807) is 19.1 Å². The van der Waals surface area contributed by atoms with Crippen LogP contribution >= 0.6 is 0 Å². The number of rotatable bonds is 7. The Morgan fingerprint density at radius 2 is 1.68 bits per heavy atom. The van der Waals surface area contributed by atoms with Gasteiger partial charge < -0.3 is 10.4 Å². The van der Waals surface area contributed by atoms with Crippen LogP contribution in [0.25, 0.3) is 0 Å². The van der Waals surface area contributed by atoms with Crippen molar-refractivity contribution < 1.29 is 14.7 Å². The average Bonchev–Trinajstić information content (AvgIpc) is 3.40. The van der Waals surface area contributed by atoms with Crippen LogP contribution in [0.1, 0.15) is 36.8 Å². The fourth-order valence-electron chi connectivity index (χ4n) is 3.27. The lowest BCUT2D eigenvalue weighted by atomic mass is 9.82. The van der Waals surface area contributed by atoms with Crippen molar-refractivity contribution in [2.45, 2.75) is 31.1 Å². The van der Waals surface area contributed by atoms with Crippen LogP contribution in [0.2, 0.25) is 0 Å². The third kappa shape index (κ3) is 3.90. The van der Waals surface area contributed by atoms with Gasteiger partial charge >= 0.3 is 5.97 Å². The summed E-state index contributed by atoms with van der Waals surface area (Å²) in [7, 11) is 0. The van der Waals surface area contributed by atoms with Crippen molar-refractivity contribution in [3.63, 3.8) is 0 Å². The summed E-state index contributed by atoms with van der Waals surface area (Å²) < 4.78 is 0. The molecule has 0 heterocycles. The molecule has 3 rings (SSSR count). The van der Waals surface area contributed by atoms with E-state index in [1.165, 1.54) is 5.56 Å². The first-order chi connectivity index (χ1) is 12.0. The molecule has 2 aromatic carbocycles. The minimum absolute atomic E-state index is 0.0770. The van der Waals surface area contributed by atoms with E-state index in [0.717, 1.165) is 6.42 Å². The molecule has 0 aliphatic heterocycles. The van der Waals surface area contributed by atoms with Crippen LogP contribution in [0, 0.1) is 5.92 Å². The van der Waals surface area contributed by atoms with Crippen LogP contribution in [-0.4, -0.2) is 23.5 Å². The summed E-state index contributed by atoms with van der Waals surface area (Å²) in [4.78, 5) is 24.0. The van der Waals surface area contributed by atoms with E-state index in [4.69, 9.17) is 0 Å². The summed E-state index contributed by atoms with van der Waals surface area (Å²) in [5, 5.41) is 12.5. The van der Waals surface area contributed by atoms with Gasteiger partial charge in [0.05, 0.1) is 0 Å². The van der Waals surface area contributed by atoms with Gasteiger partial charge in [0.15, 0.2) is 0 Å². The fraction of sp³-hybridized carbons (Fsp3) is 0.333. The number of nitrogens with one attached hydrogen (secondary N) is 1. The Labute approximate surface area is 147 Å². The summed E-state index contributed by atoms with van der Waals surface area (Å²) in [6.45, 7) is 1.74. The molecule has 2 N–H and O–H groups in total. The molecule has 130 valence electrons. The summed E-state index contributed by atoms with van der Waals surface area (Å²) >= 11 is 0. The molecule has 25 heavy (non-hydrogen) atoms. The predicted octanol–water partition coefficient (Wildman–Crippen LogP) is 3.34. The van der Waals surface area contributed by atoms with Crippen molar-refractivity contribution >= 4 is 11.9 Å². The number of hydrogen-bond acceptors (Lipinski definition) is 2. The normalized spacial score (nSPS) is 21.2. The molecule has 4 nitrogen and oxygen atoms in total. The second-order valence-corrected chi connectivity index (χ2v) is 7.00. The van der Waals surface area contributed by atoms with Crippen molar-refractivity contribution in [3.8, 4) is 0 Å². The van der Waals surface area contributed by atoms with Gasteiger partial charge in [-0.25, -0.2) is 0 Å².